The van der Waals surface area contributed by atoms with Gasteiger partial charge in [0.25, 0.3) is 0 Å². The normalized spacial score (nSPS) is 10.9. The molecule has 0 aliphatic heterocycles. The van der Waals surface area contributed by atoms with Crippen LogP contribution in [0.3, 0.4) is 0 Å². The smallest absolute Gasteiger partial charge is 0.147 e. The molecule has 118 valence electrons. The fourth-order valence-corrected chi connectivity index (χ4v) is 2.73. The minimum Gasteiger partial charge on any atom is -0.487 e. The van der Waals surface area contributed by atoms with E-state index in [9.17, 15) is 4.39 Å². The van der Waals surface area contributed by atoms with Crippen LogP contribution in [0.2, 0.25) is 0 Å². The Morgan fingerprint density at radius 2 is 1.96 bits per heavy atom. The van der Waals surface area contributed by atoms with Crippen LogP contribution in [0, 0.1) is 19.7 Å². The summed E-state index contributed by atoms with van der Waals surface area (Å²) in [5.41, 5.74) is 5.15. The van der Waals surface area contributed by atoms with E-state index in [0.717, 1.165) is 33.6 Å². The van der Waals surface area contributed by atoms with Gasteiger partial charge in [0.2, 0.25) is 0 Å². The van der Waals surface area contributed by atoms with Gasteiger partial charge in [-0.2, -0.15) is 0 Å². The lowest BCUT2D eigenvalue weighted by Crippen LogP contribution is -2.01. The molecule has 23 heavy (non-hydrogen) atoms. The zero-order chi connectivity index (χ0) is 16.4. The second kappa shape index (κ2) is 6.24. The molecule has 0 N–H and O–H groups in total. The van der Waals surface area contributed by atoms with Gasteiger partial charge < -0.3 is 9.30 Å². The van der Waals surface area contributed by atoms with Crippen molar-refractivity contribution in [3.8, 4) is 5.75 Å². The van der Waals surface area contributed by atoms with E-state index in [1.54, 1.807) is 18.3 Å². The van der Waals surface area contributed by atoms with Gasteiger partial charge in [0, 0.05) is 24.5 Å². The van der Waals surface area contributed by atoms with Crippen molar-refractivity contribution in [1.82, 2.24) is 9.55 Å². The molecule has 0 aliphatic rings. The van der Waals surface area contributed by atoms with Crippen LogP contribution in [0.4, 0.5) is 4.39 Å². The van der Waals surface area contributed by atoms with Crippen molar-refractivity contribution >= 4 is 11.0 Å². The molecule has 4 heteroatoms. The van der Waals surface area contributed by atoms with Crippen molar-refractivity contribution in [3.05, 3.63) is 71.8 Å². The Labute approximate surface area is 135 Å². The Morgan fingerprint density at radius 1 is 1.22 bits per heavy atom. The molecule has 0 amide bonds. The summed E-state index contributed by atoms with van der Waals surface area (Å²) in [4.78, 5) is 4.49. The van der Waals surface area contributed by atoms with Crippen LogP contribution in [-0.4, -0.2) is 9.55 Å². The standard InChI is InChI=1S/C19H19FN2O/c1-4-11-22-14(3)13(2)18-19(22)17(9-10-21-18)23-12-15-5-7-16(20)8-6-15/h4-10H,1,11-12H2,2-3H3. The molecule has 0 radical (unpaired) electrons. The minimum absolute atomic E-state index is 0.244. The lowest BCUT2D eigenvalue weighted by molar-refractivity contribution is 0.308. The van der Waals surface area contributed by atoms with Crippen molar-refractivity contribution < 1.29 is 9.13 Å². The molecule has 3 nitrogen and oxygen atoms in total. The molecule has 3 rings (SSSR count). The maximum absolute atomic E-state index is 13.0. The third-order valence-corrected chi connectivity index (χ3v) is 4.08. The number of halogens is 1. The van der Waals surface area contributed by atoms with Crippen LogP contribution in [-0.2, 0) is 13.2 Å². The molecule has 2 aromatic heterocycles. The lowest BCUT2D eigenvalue weighted by atomic mass is 10.2. The maximum Gasteiger partial charge on any atom is 0.147 e. The molecule has 2 heterocycles. The number of fused-ring (bicyclic) bond motifs is 1. The molecular weight excluding hydrogens is 291 g/mol. The summed E-state index contributed by atoms with van der Waals surface area (Å²) in [5, 5.41) is 0. The van der Waals surface area contributed by atoms with Crippen LogP contribution < -0.4 is 4.74 Å². The van der Waals surface area contributed by atoms with Crippen molar-refractivity contribution in [2.45, 2.75) is 27.0 Å². The number of hydrogen-bond donors (Lipinski definition) is 0. The quantitative estimate of drug-likeness (QED) is 0.646. The molecular formula is C19H19FN2O. The van der Waals surface area contributed by atoms with E-state index in [2.05, 4.69) is 30.0 Å². The number of benzene rings is 1. The highest BCUT2D eigenvalue weighted by molar-refractivity contribution is 5.86. The number of hydrogen-bond acceptors (Lipinski definition) is 2. The summed E-state index contributed by atoms with van der Waals surface area (Å²) in [5.74, 6) is 0.531. The predicted octanol–water partition coefficient (Wildman–Crippen LogP) is 4.56. The van der Waals surface area contributed by atoms with E-state index < -0.39 is 0 Å². The molecule has 0 atom stereocenters. The van der Waals surface area contributed by atoms with Crippen molar-refractivity contribution in [2.24, 2.45) is 0 Å². The first-order valence-electron chi connectivity index (χ1n) is 7.54. The van der Waals surface area contributed by atoms with E-state index in [0.29, 0.717) is 13.2 Å². The Hall–Kier alpha value is -2.62. The Bertz CT molecular complexity index is 850. The molecule has 0 unspecified atom stereocenters. The Balaban J connectivity index is 1.98. The van der Waals surface area contributed by atoms with Gasteiger partial charge in [0.15, 0.2) is 0 Å². The Morgan fingerprint density at radius 3 is 2.65 bits per heavy atom. The van der Waals surface area contributed by atoms with Crippen LogP contribution >= 0.6 is 0 Å². The second-order valence-electron chi connectivity index (χ2n) is 5.53. The topological polar surface area (TPSA) is 27.1 Å². The van der Waals surface area contributed by atoms with Gasteiger partial charge in [-0.15, -0.1) is 6.58 Å². The third-order valence-electron chi connectivity index (χ3n) is 4.08. The van der Waals surface area contributed by atoms with Crippen molar-refractivity contribution in [3.63, 3.8) is 0 Å². The SMILES string of the molecule is C=CCn1c(C)c(C)c2nccc(OCc3ccc(F)cc3)c21. The van der Waals surface area contributed by atoms with Crippen molar-refractivity contribution in [1.29, 1.82) is 0 Å². The number of allylic oxidation sites excluding steroid dienone is 1. The average Bonchev–Trinajstić information content (AvgIpc) is 2.80. The van der Waals surface area contributed by atoms with E-state index in [1.807, 2.05) is 12.1 Å². The third kappa shape index (κ3) is 2.84. The fourth-order valence-electron chi connectivity index (χ4n) is 2.73. The highest BCUT2D eigenvalue weighted by Crippen LogP contribution is 2.31. The number of ether oxygens (including phenoxy) is 1. The highest BCUT2D eigenvalue weighted by atomic mass is 19.1. The van der Waals surface area contributed by atoms with Gasteiger partial charge >= 0.3 is 0 Å². The molecule has 3 aromatic rings. The first kappa shape index (κ1) is 15.3. The molecule has 0 spiro atoms. The molecule has 0 saturated carbocycles. The van der Waals surface area contributed by atoms with Crippen LogP contribution in [0.25, 0.3) is 11.0 Å². The largest absolute Gasteiger partial charge is 0.487 e. The van der Waals surface area contributed by atoms with Crippen LogP contribution in [0.5, 0.6) is 5.75 Å². The van der Waals surface area contributed by atoms with E-state index >= 15 is 0 Å². The van der Waals surface area contributed by atoms with Gasteiger partial charge in [-0.1, -0.05) is 18.2 Å². The molecule has 0 fully saturated rings. The van der Waals surface area contributed by atoms with Crippen LogP contribution in [0.15, 0.2) is 49.2 Å². The summed E-state index contributed by atoms with van der Waals surface area (Å²) >= 11 is 0. The van der Waals surface area contributed by atoms with E-state index in [4.69, 9.17) is 4.74 Å². The summed E-state index contributed by atoms with van der Waals surface area (Å²) in [7, 11) is 0. The number of rotatable bonds is 5. The Kier molecular flexibility index (Phi) is 4.15. The minimum atomic E-state index is -0.244. The zero-order valence-electron chi connectivity index (χ0n) is 13.3. The molecule has 0 saturated heterocycles. The van der Waals surface area contributed by atoms with Gasteiger partial charge in [-0.3, -0.25) is 4.98 Å². The molecule has 0 aliphatic carbocycles. The van der Waals surface area contributed by atoms with Gasteiger partial charge in [-0.25, -0.2) is 4.39 Å². The second-order valence-corrected chi connectivity index (χ2v) is 5.53. The summed E-state index contributed by atoms with van der Waals surface area (Å²) in [6, 6.07) is 8.20. The summed E-state index contributed by atoms with van der Waals surface area (Å²) in [6.07, 6.45) is 3.62. The number of aromatic nitrogens is 2. The summed E-state index contributed by atoms with van der Waals surface area (Å²) in [6.45, 7) is 9.05. The predicted molar refractivity (Wildman–Crippen MR) is 90.1 cm³/mol. The zero-order valence-corrected chi connectivity index (χ0v) is 13.3. The van der Waals surface area contributed by atoms with Gasteiger partial charge in [0.1, 0.15) is 23.7 Å². The number of aryl methyl sites for hydroxylation is 1. The van der Waals surface area contributed by atoms with Gasteiger partial charge in [-0.05, 0) is 37.1 Å². The first-order valence-corrected chi connectivity index (χ1v) is 7.54. The van der Waals surface area contributed by atoms with Crippen molar-refractivity contribution in [2.75, 3.05) is 0 Å². The number of pyridine rings is 1. The molecule has 0 bridgehead atoms. The fraction of sp³-hybridized carbons (Fsp3) is 0.211. The van der Waals surface area contributed by atoms with E-state index in [1.165, 1.54) is 12.1 Å². The lowest BCUT2D eigenvalue weighted by Gasteiger charge is -2.11. The number of nitrogens with zero attached hydrogens (tertiary/aromatic N) is 2. The van der Waals surface area contributed by atoms with Crippen LogP contribution in [0.1, 0.15) is 16.8 Å². The summed E-state index contributed by atoms with van der Waals surface area (Å²) < 4.78 is 21.1. The highest BCUT2D eigenvalue weighted by Gasteiger charge is 2.15. The monoisotopic (exact) mass is 310 g/mol. The molecule has 1 aromatic carbocycles. The maximum atomic E-state index is 13.0. The van der Waals surface area contributed by atoms with Gasteiger partial charge in [0.05, 0.1) is 5.52 Å². The first-order chi connectivity index (χ1) is 11.1. The van der Waals surface area contributed by atoms with E-state index in [-0.39, 0.29) is 5.82 Å². The average molecular weight is 310 g/mol.